The van der Waals surface area contributed by atoms with Gasteiger partial charge in [-0.15, -0.1) is 0 Å². The van der Waals surface area contributed by atoms with Crippen molar-refractivity contribution in [3.8, 4) is 6.57 Å². The third kappa shape index (κ3) is 5.44. The molecule has 4 N–H and O–H groups in total. The molecule has 182 valence electrons. The van der Waals surface area contributed by atoms with Crippen molar-refractivity contribution >= 4 is 17.4 Å². The van der Waals surface area contributed by atoms with Crippen LogP contribution in [0.3, 0.4) is 0 Å². The van der Waals surface area contributed by atoms with E-state index in [1.165, 1.54) is 24.4 Å². The Morgan fingerprint density at radius 1 is 1.23 bits per heavy atom. The predicted molar refractivity (Wildman–Crippen MR) is 125 cm³/mol. The normalized spacial score (nSPS) is 19.8. The molecule has 1 fully saturated rings. The monoisotopic (exact) mass is 484 g/mol. The molecule has 1 amide bonds. The van der Waals surface area contributed by atoms with Gasteiger partial charge in [0.05, 0.1) is 0 Å². The van der Waals surface area contributed by atoms with Gasteiger partial charge in [-0.3, -0.25) is 9.48 Å². The Labute approximate surface area is 200 Å². The highest BCUT2D eigenvalue weighted by Gasteiger charge is 2.42. The maximum absolute atomic E-state index is 13.9. The van der Waals surface area contributed by atoms with Gasteiger partial charge in [0, 0.05) is 48.4 Å². The first-order valence-electron chi connectivity index (χ1n) is 11.1. The van der Waals surface area contributed by atoms with Crippen LogP contribution in [-0.4, -0.2) is 33.3 Å². The van der Waals surface area contributed by atoms with Crippen LogP contribution in [0.15, 0.2) is 42.7 Å². The molecule has 8 nitrogen and oxygen atoms in total. The minimum atomic E-state index is -0.690. The lowest BCUT2D eigenvalue weighted by atomic mass is 9.79. The molecule has 1 aromatic carbocycles. The zero-order valence-electron chi connectivity index (χ0n) is 18.8. The highest BCUT2D eigenvalue weighted by molar-refractivity contribution is 5.98. The van der Waals surface area contributed by atoms with Crippen molar-refractivity contribution in [1.29, 1.82) is 0 Å². The van der Waals surface area contributed by atoms with Crippen LogP contribution in [0, 0.1) is 24.2 Å². The van der Waals surface area contributed by atoms with E-state index < -0.39 is 29.0 Å². The molecule has 2 aromatic heterocycles. The number of carbonyl (C=O) groups is 1. The number of nitrogens with one attached hydrogen (secondary N) is 2. The van der Waals surface area contributed by atoms with Crippen molar-refractivity contribution in [2.24, 2.45) is 5.73 Å². The second-order valence-electron chi connectivity index (χ2n) is 8.65. The summed E-state index contributed by atoms with van der Waals surface area (Å²) in [6.07, 6.45) is 5.51. The third-order valence-electron chi connectivity index (χ3n) is 6.35. The molecule has 0 spiro atoms. The molecule has 1 aliphatic carbocycles. The molecule has 0 saturated heterocycles. The minimum absolute atomic E-state index is 0.0916. The molecule has 1 saturated carbocycles. The second kappa shape index (κ2) is 10.1. The molecular formula is C24H25F3N7O+. The van der Waals surface area contributed by atoms with Crippen molar-refractivity contribution in [1.82, 2.24) is 20.1 Å². The summed E-state index contributed by atoms with van der Waals surface area (Å²) >= 11 is 0. The Bertz CT molecular complexity index is 1260. The first-order chi connectivity index (χ1) is 16.8. The smallest absolute Gasteiger partial charge is 0.287 e. The summed E-state index contributed by atoms with van der Waals surface area (Å²) in [4.78, 5) is 19.5. The van der Waals surface area contributed by atoms with Crippen LogP contribution in [0.5, 0.6) is 0 Å². The maximum atomic E-state index is 13.9. The molecule has 0 atom stereocenters. The highest BCUT2D eigenvalue weighted by atomic mass is 19.1. The number of hydrogen-bond acceptors (Lipinski definition) is 5. The fourth-order valence-electron chi connectivity index (χ4n) is 4.41. The lowest BCUT2D eigenvalue weighted by Gasteiger charge is -2.36. The molecule has 35 heavy (non-hydrogen) atoms. The Balaban J connectivity index is 1.50. The fourth-order valence-corrected chi connectivity index (χ4v) is 4.41. The highest BCUT2D eigenvalue weighted by Crippen LogP contribution is 2.37. The SMILES string of the molecule is C#[N+]CC1(n2cc(C(N)=O)c(Nc3ccnc(F)c3)n2)CCC(NCc2ccc(F)cc2F)CC1. The van der Waals surface area contributed by atoms with Crippen molar-refractivity contribution < 1.29 is 18.0 Å². The topological polar surface area (TPSA) is 102 Å². The lowest BCUT2D eigenvalue weighted by Crippen LogP contribution is -2.45. The standard InChI is InChI=1S/C24H24F3N7O/c1-29-14-24(7-4-17(5-8-24)31-12-15-2-3-16(25)10-20(15)26)34-13-19(22(28)35)23(33-34)32-18-6-9-30-21(27)11-18/h1-3,6,9-11,13,17,31H,4-5,7-8,12,14H2,(H2-,28,30,32,33,35)/p+1. The van der Waals surface area contributed by atoms with E-state index in [1.807, 2.05) is 0 Å². The second-order valence-corrected chi connectivity index (χ2v) is 8.65. The van der Waals surface area contributed by atoms with E-state index in [2.05, 4.69) is 25.6 Å². The largest absolute Gasteiger partial charge is 0.365 e. The Morgan fingerprint density at radius 2 is 2.00 bits per heavy atom. The van der Waals surface area contributed by atoms with Gasteiger partial charge in [0.15, 0.2) is 5.82 Å². The van der Waals surface area contributed by atoms with Crippen LogP contribution in [0.2, 0.25) is 0 Å². The summed E-state index contributed by atoms with van der Waals surface area (Å²) in [6, 6.07) is 6.33. The molecule has 4 rings (SSSR count). The Morgan fingerprint density at radius 3 is 2.66 bits per heavy atom. The molecule has 1 aliphatic rings. The quantitative estimate of drug-likeness (QED) is 0.421. The number of pyridine rings is 1. The van der Waals surface area contributed by atoms with Crippen LogP contribution in [-0.2, 0) is 12.1 Å². The molecule has 2 heterocycles. The van der Waals surface area contributed by atoms with E-state index in [-0.39, 0.29) is 30.5 Å². The van der Waals surface area contributed by atoms with Gasteiger partial charge in [-0.05, 0) is 37.8 Å². The first kappa shape index (κ1) is 24.2. The van der Waals surface area contributed by atoms with Crippen molar-refractivity contribution in [3.63, 3.8) is 0 Å². The average molecular weight is 485 g/mol. The fraction of sp³-hybridized carbons (Fsp3) is 0.333. The zero-order chi connectivity index (χ0) is 25.0. The average Bonchev–Trinajstić information content (AvgIpc) is 3.24. The Hall–Kier alpha value is -3.91. The Kier molecular flexibility index (Phi) is 7.02. The summed E-state index contributed by atoms with van der Waals surface area (Å²) in [5.41, 5.74) is 5.87. The number of benzene rings is 1. The first-order valence-corrected chi connectivity index (χ1v) is 11.1. The molecular weight excluding hydrogens is 459 g/mol. The van der Waals surface area contributed by atoms with Gasteiger partial charge in [-0.25, -0.2) is 13.8 Å². The molecule has 0 bridgehead atoms. The number of rotatable bonds is 8. The number of aromatic nitrogens is 3. The van der Waals surface area contributed by atoms with Gasteiger partial charge in [0.1, 0.15) is 22.7 Å². The predicted octanol–water partition coefficient (Wildman–Crippen LogP) is 3.93. The van der Waals surface area contributed by atoms with Crippen molar-refractivity contribution in [3.05, 3.63) is 76.3 Å². The number of nitrogens with zero attached hydrogens (tertiary/aromatic N) is 4. The molecule has 3 aromatic rings. The van der Waals surface area contributed by atoms with Crippen molar-refractivity contribution in [2.75, 3.05) is 11.9 Å². The van der Waals surface area contributed by atoms with Gasteiger partial charge in [0.2, 0.25) is 5.95 Å². The summed E-state index contributed by atoms with van der Waals surface area (Å²) in [6.45, 7) is 6.10. The number of amides is 1. The minimum Gasteiger partial charge on any atom is -0.365 e. The van der Waals surface area contributed by atoms with Gasteiger partial charge < -0.3 is 16.4 Å². The number of primary amides is 1. The third-order valence-corrected chi connectivity index (χ3v) is 6.35. The molecule has 0 unspecified atom stereocenters. The van der Waals surface area contributed by atoms with E-state index in [4.69, 9.17) is 12.3 Å². The van der Waals surface area contributed by atoms with E-state index in [9.17, 15) is 18.0 Å². The number of anilines is 2. The van der Waals surface area contributed by atoms with E-state index in [1.54, 1.807) is 16.9 Å². The van der Waals surface area contributed by atoms with Crippen LogP contribution in [0.1, 0.15) is 41.6 Å². The number of carbonyl (C=O) groups excluding carboxylic acids is 1. The van der Waals surface area contributed by atoms with Crippen LogP contribution < -0.4 is 16.4 Å². The van der Waals surface area contributed by atoms with Gasteiger partial charge >= 0.3 is 0 Å². The van der Waals surface area contributed by atoms with Crippen LogP contribution >= 0.6 is 0 Å². The number of nitrogens with two attached hydrogens (primary N) is 1. The number of hydrogen-bond donors (Lipinski definition) is 3. The molecule has 0 radical (unpaired) electrons. The maximum Gasteiger partial charge on any atom is 0.287 e. The van der Waals surface area contributed by atoms with Crippen LogP contribution in [0.25, 0.3) is 4.85 Å². The lowest BCUT2D eigenvalue weighted by molar-refractivity contribution is 0.1000. The van der Waals surface area contributed by atoms with Crippen LogP contribution in [0.4, 0.5) is 24.7 Å². The summed E-state index contributed by atoms with van der Waals surface area (Å²) in [5, 5.41) is 10.8. The summed E-state index contributed by atoms with van der Waals surface area (Å²) in [5.74, 6) is -2.39. The van der Waals surface area contributed by atoms with Crippen molar-refractivity contribution in [2.45, 2.75) is 43.8 Å². The summed E-state index contributed by atoms with van der Waals surface area (Å²) < 4.78 is 42.2. The molecule has 0 aliphatic heterocycles. The van der Waals surface area contributed by atoms with E-state index in [0.717, 1.165) is 6.07 Å². The zero-order valence-corrected chi connectivity index (χ0v) is 18.8. The molecule has 11 heteroatoms. The van der Waals surface area contributed by atoms with E-state index >= 15 is 0 Å². The van der Waals surface area contributed by atoms with Gasteiger partial charge in [-0.1, -0.05) is 10.9 Å². The van der Waals surface area contributed by atoms with Gasteiger partial charge in [-0.2, -0.15) is 9.49 Å². The summed E-state index contributed by atoms with van der Waals surface area (Å²) in [7, 11) is 0. The van der Waals surface area contributed by atoms with Gasteiger partial charge in [0.25, 0.3) is 19.0 Å². The number of halogens is 3. The van der Waals surface area contributed by atoms with E-state index in [0.29, 0.717) is 36.9 Å².